The molecule has 0 unspecified atom stereocenters. The Balaban J connectivity index is 1.56. The maximum Gasteiger partial charge on any atom is 0.416 e. The van der Waals surface area contributed by atoms with Gasteiger partial charge in [-0.3, -0.25) is 19.0 Å². The van der Waals surface area contributed by atoms with Crippen molar-refractivity contribution >= 4 is 44.7 Å². The van der Waals surface area contributed by atoms with E-state index in [1.54, 1.807) is 13.0 Å². The van der Waals surface area contributed by atoms with Crippen molar-refractivity contribution in [3.05, 3.63) is 86.3 Å². The number of amides is 2. The van der Waals surface area contributed by atoms with Gasteiger partial charge in [-0.25, -0.2) is 4.98 Å². The van der Waals surface area contributed by atoms with Gasteiger partial charge in [0.15, 0.2) is 0 Å². The largest absolute Gasteiger partial charge is 0.416 e. The number of rotatable bonds is 5. The zero-order valence-electron chi connectivity index (χ0n) is 19.5. The normalized spacial score (nSPS) is 11.5. The van der Waals surface area contributed by atoms with Gasteiger partial charge in [0.05, 0.1) is 22.2 Å². The second-order valence-electron chi connectivity index (χ2n) is 8.31. The van der Waals surface area contributed by atoms with Crippen LogP contribution in [-0.2, 0) is 17.5 Å². The van der Waals surface area contributed by atoms with Gasteiger partial charge in [0.1, 0.15) is 11.4 Å². The van der Waals surface area contributed by atoms with Gasteiger partial charge in [-0.05, 0) is 56.2 Å². The second kappa shape index (κ2) is 9.57. The SMILES string of the molecule is Cc1ccc(NC(=O)c2sc3ncn(CC(=O)Nc4cccc(C(F)(F)F)c4)c(=O)c3c2C)c(C)c1. The van der Waals surface area contributed by atoms with Gasteiger partial charge in [-0.2, -0.15) is 13.2 Å². The van der Waals surface area contributed by atoms with E-state index in [1.807, 2.05) is 26.0 Å². The summed E-state index contributed by atoms with van der Waals surface area (Å²) in [5.74, 6) is -1.08. The monoisotopic (exact) mass is 514 g/mol. The molecule has 2 N–H and O–H groups in total. The Kier molecular flexibility index (Phi) is 6.68. The molecule has 0 aliphatic rings. The van der Waals surface area contributed by atoms with Crippen molar-refractivity contribution in [3.63, 3.8) is 0 Å². The molecule has 0 saturated heterocycles. The van der Waals surface area contributed by atoms with Crippen molar-refractivity contribution in [1.82, 2.24) is 9.55 Å². The number of carbonyl (C=O) groups is 2. The lowest BCUT2D eigenvalue weighted by molar-refractivity contribution is -0.137. The average molecular weight is 515 g/mol. The lowest BCUT2D eigenvalue weighted by atomic mass is 10.1. The highest BCUT2D eigenvalue weighted by Gasteiger charge is 2.30. The summed E-state index contributed by atoms with van der Waals surface area (Å²) in [5, 5.41) is 5.43. The van der Waals surface area contributed by atoms with Crippen LogP contribution in [0, 0.1) is 20.8 Å². The quantitative estimate of drug-likeness (QED) is 0.378. The molecule has 4 aromatic rings. The topological polar surface area (TPSA) is 93.1 Å². The van der Waals surface area contributed by atoms with E-state index in [1.165, 1.54) is 18.5 Å². The van der Waals surface area contributed by atoms with Crippen molar-refractivity contribution in [3.8, 4) is 0 Å². The number of thiophene rings is 1. The van der Waals surface area contributed by atoms with Crippen LogP contribution in [0.2, 0.25) is 0 Å². The van der Waals surface area contributed by atoms with Crippen LogP contribution in [0.5, 0.6) is 0 Å². The highest BCUT2D eigenvalue weighted by atomic mass is 32.1. The molecule has 7 nitrogen and oxygen atoms in total. The molecule has 0 fully saturated rings. The first-order valence-electron chi connectivity index (χ1n) is 10.8. The van der Waals surface area contributed by atoms with E-state index < -0.39 is 29.8 Å². The van der Waals surface area contributed by atoms with Crippen molar-refractivity contribution < 1.29 is 22.8 Å². The molecule has 186 valence electrons. The van der Waals surface area contributed by atoms with Gasteiger partial charge in [0, 0.05) is 11.4 Å². The number of aromatic nitrogens is 2. The number of hydrogen-bond donors (Lipinski definition) is 2. The van der Waals surface area contributed by atoms with E-state index in [0.717, 1.165) is 39.2 Å². The zero-order valence-corrected chi connectivity index (χ0v) is 20.3. The van der Waals surface area contributed by atoms with E-state index in [9.17, 15) is 27.6 Å². The van der Waals surface area contributed by atoms with E-state index >= 15 is 0 Å². The second-order valence-corrected chi connectivity index (χ2v) is 9.31. The van der Waals surface area contributed by atoms with Crippen molar-refractivity contribution in [1.29, 1.82) is 0 Å². The van der Waals surface area contributed by atoms with Crippen LogP contribution >= 0.6 is 11.3 Å². The molecule has 11 heteroatoms. The average Bonchev–Trinajstić information content (AvgIpc) is 3.14. The van der Waals surface area contributed by atoms with Crippen LogP contribution in [0.15, 0.2) is 53.6 Å². The predicted molar refractivity (Wildman–Crippen MR) is 133 cm³/mol. The maximum absolute atomic E-state index is 13.1. The third-order valence-electron chi connectivity index (χ3n) is 5.54. The Labute approximate surface area is 207 Å². The van der Waals surface area contributed by atoms with Crippen molar-refractivity contribution in [2.24, 2.45) is 0 Å². The minimum absolute atomic E-state index is 0.0472. The Bertz CT molecular complexity index is 1560. The number of aryl methyl sites for hydroxylation is 3. The molecule has 0 radical (unpaired) electrons. The molecule has 0 aliphatic carbocycles. The van der Waals surface area contributed by atoms with Crippen LogP contribution in [0.3, 0.4) is 0 Å². The molecule has 36 heavy (non-hydrogen) atoms. The molecule has 4 rings (SSSR count). The number of anilines is 2. The number of nitrogens with one attached hydrogen (secondary N) is 2. The van der Waals surface area contributed by atoms with Gasteiger partial charge in [0.2, 0.25) is 5.91 Å². The van der Waals surface area contributed by atoms with Crippen molar-refractivity contribution in [2.45, 2.75) is 33.5 Å². The number of alkyl halides is 3. The molecule has 0 saturated carbocycles. The van der Waals surface area contributed by atoms with Crippen molar-refractivity contribution in [2.75, 3.05) is 10.6 Å². The highest BCUT2D eigenvalue weighted by molar-refractivity contribution is 7.20. The minimum atomic E-state index is -4.55. The summed E-state index contributed by atoms with van der Waals surface area (Å²) < 4.78 is 39.8. The highest BCUT2D eigenvalue weighted by Crippen LogP contribution is 2.31. The lowest BCUT2D eigenvalue weighted by Gasteiger charge is -2.10. The number of fused-ring (bicyclic) bond motifs is 1. The number of hydrogen-bond acceptors (Lipinski definition) is 5. The predicted octanol–water partition coefficient (Wildman–Crippen LogP) is 5.29. The summed E-state index contributed by atoms with van der Waals surface area (Å²) in [6.07, 6.45) is -3.37. The fourth-order valence-corrected chi connectivity index (χ4v) is 4.78. The summed E-state index contributed by atoms with van der Waals surface area (Å²) in [5.41, 5.74) is 1.56. The number of halogens is 3. The molecule has 0 atom stereocenters. The van der Waals surface area contributed by atoms with Crippen LogP contribution in [0.4, 0.5) is 24.5 Å². The Morgan fingerprint density at radius 3 is 2.50 bits per heavy atom. The Morgan fingerprint density at radius 2 is 1.81 bits per heavy atom. The molecule has 2 aromatic heterocycles. The number of nitrogens with zero attached hydrogens (tertiary/aromatic N) is 2. The third-order valence-corrected chi connectivity index (χ3v) is 6.74. The van der Waals surface area contributed by atoms with Crippen LogP contribution in [0.25, 0.3) is 10.2 Å². The maximum atomic E-state index is 13.1. The molecule has 2 aromatic carbocycles. The Hall–Kier alpha value is -3.99. The van der Waals surface area contributed by atoms with Crippen LogP contribution in [-0.4, -0.2) is 21.4 Å². The first-order chi connectivity index (χ1) is 16.9. The van der Waals surface area contributed by atoms with Gasteiger partial charge < -0.3 is 10.6 Å². The third kappa shape index (κ3) is 5.15. The van der Waals surface area contributed by atoms with Crippen LogP contribution < -0.4 is 16.2 Å². The molecular formula is C25H21F3N4O3S. The molecule has 2 amide bonds. The fraction of sp³-hybridized carbons (Fsp3) is 0.200. The van der Waals surface area contributed by atoms with E-state index in [2.05, 4.69) is 15.6 Å². The van der Waals surface area contributed by atoms with Gasteiger partial charge in [0.25, 0.3) is 11.5 Å². The number of benzene rings is 2. The van der Waals surface area contributed by atoms with Gasteiger partial charge >= 0.3 is 6.18 Å². The first-order valence-corrected chi connectivity index (χ1v) is 11.6. The summed E-state index contributed by atoms with van der Waals surface area (Å²) in [6, 6.07) is 9.83. The number of carbonyl (C=O) groups excluding carboxylic acids is 2. The molecule has 2 heterocycles. The van der Waals surface area contributed by atoms with Gasteiger partial charge in [-0.1, -0.05) is 23.8 Å². The first kappa shape index (κ1) is 25.1. The Morgan fingerprint density at radius 1 is 1.06 bits per heavy atom. The van der Waals surface area contributed by atoms with E-state index in [4.69, 9.17) is 0 Å². The lowest BCUT2D eigenvalue weighted by Crippen LogP contribution is -2.28. The zero-order chi connectivity index (χ0) is 26.2. The molecular weight excluding hydrogens is 493 g/mol. The van der Waals surface area contributed by atoms with Gasteiger partial charge in [-0.15, -0.1) is 11.3 Å². The smallest absolute Gasteiger partial charge is 0.325 e. The van der Waals surface area contributed by atoms with E-state index in [0.29, 0.717) is 21.0 Å². The van der Waals surface area contributed by atoms with Crippen LogP contribution in [0.1, 0.15) is 31.9 Å². The summed E-state index contributed by atoms with van der Waals surface area (Å²) in [7, 11) is 0. The van der Waals surface area contributed by atoms with E-state index in [-0.39, 0.29) is 17.0 Å². The fourth-order valence-electron chi connectivity index (χ4n) is 3.75. The minimum Gasteiger partial charge on any atom is -0.325 e. The summed E-state index contributed by atoms with van der Waals surface area (Å²) in [4.78, 5) is 43.3. The molecule has 0 bridgehead atoms. The summed E-state index contributed by atoms with van der Waals surface area (Å²) >= 11 is 1.06. The standard InChI is InChI=1S/C25H21F3N4O3S/c1-13-7-8-18(14(2)9-13)31-22(34)21-15(3)20-23(36-21)29-12-32(24(20)35)11-19(33)30-17-6-4-5-16(10-17)25(26,27)28/h4-10,12H,11H2,1-3H3,(H,30,33)(H,31,34). The molecule has 0 spiro atoms. The molecule has 0 aliphatic heterocycles. The summed E-state index contributed by atoms with van der Waals surface area (Å²) in [6.45, 7) is 5.00.